The van der Waals surface area contributed by atoms with Gasteiger partial charge in [-0.1, -0.05) is 13.0 Å². The number of ether oxygens (including phenoxy) is 1. The number of fused-ring (bicyclic) bond motifs is 1. The van der Waals surface area contributed by atoms with Crippen molar-refractivity contribution in [2.45, 2.75) is 27.2 Å². The maximum Gasteiger partial charge on any atom is 0.338 e. The van der Waals surface area contributed by atoms with Crippen molar-refractivity contribution < 1.29 is 9.53 Å². The van der Waals surface area contributed by atoms with Crippen molar-refractivity contribution in [3.8, 4) is 0 Å². The number of aryl methyl sites for hydroxylation is 2. The molecule has 0 atom stereocenters. The second-order valence-corrected chi connectivity index (χ2v) is 6.73. The highest BCUT2D eigenvalue weighted by Crippen LogP contribution is 2.33. The zero-order chi connectivity index (χ0) is 17.1. The fourth-order valence-electron chi connectivity index (χ4n) is 2.42. The van der Waals surface area contributed by atoms with Gasteiger partial charge >= 0.3 is 5.97 Å². The van der Waals surface area contributed by atoms with E-state index in [0.29, 0.717) is 12.2 Å². The highest BCUT2D eigenvalue weighted by atomic mass is 32.1. The van der Waals surface area contributed by atoms with Crippen LogP contribution in [0.3, 0.4) is 0 Å². The minimum absolute atomic E-state index is 0.309. The average molecular weight is 341 g/mol. The molecule has 5 nitrogen and oxygen atoms in total. The lowest BCUT2D eigenvalue weighted by Gasteiger charge is -2.09. The Morgan fingerprint density at radius 1 is 1.29 bits per heavy atom. The lowest BCUT2D eigenvalue weighted by Crippen LogP contribution is -2.06. The average Bonchev–Trinajstić information content (AvgIpc) is 2.88. The number of hydrogen-bond acceptors (Lipinski definition) is 6. The van der Waals surface area contributed by atoms with Gasteiger partial charge in [-0.3, -0.25) is 0 Å². The van der Waals surface area contributed by atoms with E-state index in [9.17, 15) is 4.79 Å². The smallest absolute Gasteiger partial charge is 0.338 e. The molecule has 0 unspecified atom stereocenters. The molecule has 0 fully saturated rings. The molecule has 1 N–H and O–H groups in total. The molecular formula is C18H19N3O2S. The summed E-state index contributed by atoms with van der Waals surface area (Å²) in [6, 6.07) is 7.26. The predicted molar refractivity (Wildman–Crippen MR) is 97.2 cm³/mol. The van der Waals surface area contributed by atoms with Crippen LogP contribution >= 0.6 is 11.3 Å². The summed E-state index contributed by atoms with van der Waals surface area (Å²) >= 11 is 1.66. The summed E-state index contributed by atoms with van der Waals surface area (Å²) in [6.45, 7) is 6.55. The molecule has 3 rings (SSSR count). The Morgan fingerprint density at radius 3 is 2.92 bits per heavy atom. The van der Waals surface area contributed by atoms with Crippen molar-refractivity contribution in [3.05, 3.63) is 46.6 Å². The Kier molecular flexibility index (Phi) is 4.76. The minimum Gasteiger partial charge on any atom is -0.462 e. The third-order valence-electron chi connectivity index (χ3n) is 3.76. The van der Waals surface area contributed by atoms with Crippen LogP contribution in [0.4, 0.5) is 11.5 Å². The Morgan fingerprint density at radius 2 is 2.12 bits per heavy atom. The molecule has 0 spiro atoms. The molecule has 0 aliphatic carbocycles. The number of anilines is 2. The summed E-state index contributed by atoms with van der Waals surface area (Å²) in [6.07, 6.45) is 2.36. The molecule has 2 aromatic heterocycles. The second kappa shape index (κ2) is 6.97. The molecule has 0 aliphatic heterocycles. The second-order valence-electron chi connectivity index (χ2n) is 5.53. The first-order valence-electron chi connectivity index (χ1n) is 7.85. The predicted octanol–water partition coefficient (Wildman–Crippen LogP) is 4.62. The van der Waals surface area contributed by atoms with Crippen LogP contribution in [0.25, 0.3) is 10.2 Å². The largest absolute Gasteiger partial charge is 0.462 e. The third kappa shape index (κ3) is 3.23. The van der Waals surface area contributed by atoms with Crippen LogP contribution in [0.15, 0.2) is 30.6 Å². The maximum absolute atomic E-state index is 12.0. The van der Waals surface area contributed by atoms with E-state index in [-0.39, 0.29) is 5.97 Å². The van der Waals surface area contributed by atoms with E-state index >= 15 is 0 Å². The molecule has 24 heavy (non-hydrogen) atoms. The Hall–Kier alpha value is -2.47. The number of rotatable bonds is 5. The van der Waals surface area contributed by atoms with E-state index in [1.807, 2.05) is 19.1 Å². The molecule has 0 saturated carbocycles. The van der Waals surface area contributed by atoms with E-state index < -0.39 is 0 Å². The number of carbonyl (C=O) groups is 1. The van der Waals surface area contributed by atoms with Gasteiger partial charge in [-0.05, 0) is 44.0 Å². The zero-order valence-electron chi connectivity index (χ0n) is 13.9. The normalized spacial score (nSPS) is 10.8. The molecular weight excluding hydrogens is 322 g/mol. The first-order chi connectivity index (χ1) is 11.6. The first kappa shape index (κ1) is 16.4. The molecule has 0 aliphatic rings. The summed E-state index contributed by atoms with van der Waals surface area (Å²) in [5.41, 5.74) is 2.50. The number of carbonyl (C=O) groups excluding carboxylic acids is 1. The monoisotopic (exact) mass is 341 g/mol. The number of aromatic nitrogens is 2. The summed E-state index contributed by atoms with van der Waals surface area (Å²) in [5, 5.41) is 4.33. The van der Waals surface area contributed by atoms with Gasteiger partial charge in [0.1, 0.15) is 17.0 Å². The van der Waals surface area contributed by atoms with Crippen LogP contribution in [0, 0.1) is 13.8 Å². The zero-order valence-corrected chi connectivity index (χ0v) is 14.7. The lowest BCUT2D eigenvalue weighted by atomic mass is 10.2. The topological polar surface area (TPSA) is 64.1 Å². The highest BCUT2D eigenvalue weighted by molar-refractivity contribution is 7.18. The van der Waals surface area contributed by atoms with E-state index in [4.69, 9.17) is 4.74 Å². The van der Waals surface area contributed by atoms with Crippen molar-refractivity contribution in [3.63, 3.8) is 0 Å². The Balaban J connectivity index is 1.91. The SMILES string of the molecule is CCCOC(=O)c1cccc(Nc2ncnc3sc(C)c(C)c23)c1. The molecule has 1 aromatic carbocycles. The molecule has 2 heterocycles. The summed E-state index contributed by atoms with van der Waals surface area (Å²) in [4.78, 5) is 22.9. The maximum atomic E-state index is 12.0. The lowest BCUT2D eigenvalue weighted by molar-refractivity contribution is 0.0505. The van der Waals surface area contributed by atoms with Crippen molar-refractivity contribution in [1.29, 1.82) is 0 Å². The number of nitrogens with one attached hydrogen (secondary N) is 1. The van der Waals surface area contributed by atoms with Gasteiger partial charge in [0.15, 0.2) is 0 Å². The van der Waals surface area contributed by atoms with Crippen LogP contribution in [-0.2, 0) is 4.74 Å². The van der Waals surface area contributed by atoms with Crippen LogP contribution in [0.2, 0.25) is 0 Å². The molecule has 124 valence electrons. The molecule has 0 bridgehead atoms. The van der Waals surface area contributed by atoms with Crippen LogP contribution in [0.1, 0.15) is 34.1 Å². The number of esters is 1. The molecule has 3 aromatic rings. The van der Waals surface area contributed by atoms with Crippen LogP contribution in [-0.4, -0.2) is 22.5 Å². The Bertz CT molecular complexity index is 889. The van der Waals surface area contributed by atoms with Gasteiger partial charge in [-0.15, -0.1) is 11.3 Å². The van der Waals surface area contributed by atoms with Crippen molar-refractivity contribution in [1.82, 2.24) is 9.97 Å². The van der Waals surface area contributed by atoms with Gasteiger partial charge in [0.05, 0.1) is 17.6 Å². The number of hydrogen-bond donors (Lipinski definition) is 1. The molecule has 0 saturated heterocycles. The fraction of sp³-hybridized carbons (Fsp3) is 0.278. The summed E-state index contributed by atoms with van der Waals surface area (Å²) < 4.78 is 5.18. The summed E-state index contributed by atoms with van der Waals surface area (Å²) in [5.74, 6) is 0.441. The summed E-state index contributed by atoms with van der Waals surface area (Å²) in [7, 11) is 0. The van der Waals surface area contributed by atoms with E-state index in [2.05, 4.69) is 29.1 Å². The van der Waals surface area contributed by atoms with Gasteiger partial charge in [0.2, 0.25) is 0 Å². The molecule has 6 heteroatoms. The Labute approximate surface area is 144 Å². The van der Waals surface area contributed by atoms with Crippen molar-refractivity contribution in [2.24, 2.45) is 0 Å². The van der Waals surface area contributed by atoms with Crippen LogP contribution in [0.5, 0.6) is 0 Å². The molecule has 0 amide bonds. The quantitative estimate of drug-likeness (QED) is 0.686. The van der Waals surface area contributed by atoms with Crippen LogP contribution < -0.4 is 5.32 Å². The van der Waals surface area contributed by atoms with Gasteiger partial charge in [-0.2, -0.15) is 0 Å². The highest BCUT2D eigenvalue weighted by Gasteiger charge is 2.13. The van der Waals surface area contributed by atoms with Gasteiger partial charge in [0, 0.05) is 10.6 Å². The number of thiophene rings is 1. The van der Waals surface area contributed by atoms with E-state index in [1.165, 1.54) is 10.4 Å². The van der Waals surface area contributed by atoms with Gasteiger partial charge in [0.25, 0.3) is 0 Å². The fourth-order valence-corrected chi connectivity index (χ4v) is 3.41. The van der Waals surface area contributed by atoms with Crippen molar-refractivity contribution in [2.75, 3.05) is 11.9 Å². The van der Waals surface area contributed by atoms with E-state index in [1.54, 1.807) is 29.8 Å². The third-order valence-corrected chi connectivity index (χ3v) is 4.88. The number of benzene rings is 1. The minimum atomic E-state index is -0.309. The van der Waals surface area contributed by atoms with Gasteiger partial charge < -0.3 is 10.1 Å². The first-order valence-corrected chi connectivity index (χ1v) is 8.66. The number of nitrogens with zero attached hydrogens (tertiary/aromatic N) is 2. The van der Waals surface area contributed by atoms with Crippen molar-refractivity contribution >= 4 is 39.0 Å². The van der Waals surface area contributed by atoms with Gasteiger partial charge in [-0.25, -0.2) is 14.8 Å². The molecule has 0 radical (unpaired) electrons. The van der Waals surface area contributed by atoms with E-state index in [0.717, 1.165) is 28.1 Å². The standard InChI is InChI=1S/C18H19N3O2S/c1-4-8-23-18(22)13-6-5-7-14(9-13)21-16-15-11(2)12(3)24-17(15)20-10-19-16/h5-7,9-10H,4,8H2,1-3H3,(H,19,20,21).